The molecule has 0 aliphatic heterocycles. The van der Waals surface area contributed by atoms with Gasteiger partial charge in [0.25, 0.3) is 0 Å². The molecular formula is C13H9BrCl2N2S. The van der Waals surface area contributed by atoms with Gasteiger partial charge in [0.15, 0.2) is 0 Å². The molecule has 0 aromatic heterocycles. The van der Waals surface area contributed by atoms with Gasteiger partial charge in [-0.15, -0.1) is 0 Å². The highest BCUT2D eigenvalue weighted by Crippen LogP contribution is 2.32. The second-order valence-corrected chi connectivity index (χ2v) is 5.95. The van der Waals surface area contributed by atoms with Gasteiger partial charge in [-0.2, -0.15) is 0 Å². The van der Waals surface area contributed by atoms with Crippen molar-refractivity contribution >= 4 is 67.7 Å². The summed E-state index contributed by atoms with van der Waals surface area (Å²) in [6.45, 7) is 0. The summed E-state index contributed by atoms with van der Waals surface area (Å²) in [4.78, 5) is 0.235. The van der Waals surface area contributed by atoms with Crippen LogP contribution in [0, 0.1) is 0 Å². The maximum atomic E-state index is 6.14. The maximum absolute atomic E-state index is 6.14. The van der Waals surface area contributed by atoms with Crippen molar-refractivity contribution in [3.05, 3.63) is 56.5 Å². The number of hydrogen-bond donors (Lipinski definition) is 2. The average molecular weight is 376 g/mol. The second kappa shape index (κ2) is 6.09. The van der Waals surface area contributed by atoms with Crippen molar-refractivity contribution < 1.29 is 0 Å². The van der Waals surface area contributed by atoms with Gasteiger partial charge in [0.1, 0.15) is 4.99 Å². The molecule has 2 aromatic rings. The van der Waals surface area contributed by atoms with Crippen LogP contribution in [-0.2, 0) is 0 Å². The fraction of sp³-hybridized carbons (Fsp3) is 0. The molecule has 19 heavy (non-hydrogen) atoms. The Hall–Kier alpha value is -0.810. The summed E-state index contributed by atoms with van der Waals surface area (Å²) in [5.74, 6) is 0. The molecule has 2 aromatic carbocycles. The van der Waals surface area contributed by atoms with E-state index in [2.05, 4.69) is 21.2 Å². The SMILES string of the molecule is NC(=S)c1c(Cl)cccc1Nc1cc(Br)ccc1Cl. The number of nitrogens with one attached hydrogen (secondary N) is 1. The molecule has 0 heterocycles. The summed E-state index contributed by atoms with van der Waals surface area (Å²) in [6, 6.07) is 10.9. The van der Waals surface area contributed by atoms with Crippen LogP contribution in [0.15, 0.2) is 40.9 Å². The minimum absolute atomic E-state index is 0.235. The largest absolute Gasteiger partial charge is 0.389 e. The van der Waals surface area contributed by atoms with E-state index in [4.69, 9.17) is 41.2 Å². The third kappa shape index (κ3) is 3.39. The molecule has 0 saturated carbocycles. The number of halogens is 3. The predicted molar refractivity (Wildman–Crippen MR) is 89.8 cm³/mol. The molecule has 0 amide bonds. The van der Waals surface area contributed by atoms with E-state index in [0.29, 0.717) is 15.6 Å². The van der Waals surface area contributed by atoms with Crippen LogP contribution in [0.3, 0.4) is 0 Å². The van der Waals surface area contributed by atoms with E-state index < -0.39 is 0 Å². The summed E-state index contributed by atoms with van der Waals surface area (Å²) in [5, 5.41) is 4.29. The molecule has 0 unspecified atom stereocenters. The summed E-state index contributed by atoms with van der Waals surface area (Å²) in [5.41, 5.74) is 7.78. The molecule has 0 bridgehead atoms. The molecule has 0 radical (unpaired) electrons. The van der Waals surface area contributed by atoms with Crippen LogP contribution in [-0.4, -0.2) is 4.99 Å². The Kier molecular flexibility index (Phi) is 4.68. The summed E-state index contributed by atoms with van der Waals surface area (Å²) in [6.07, 6.45) is 0. The van der Waals surface area contributed by atoms with Gasteiger partial charge >= 0.3 is 0 Å². The number of hydrogen-bond acceptors (Lipinski definition) is 2. The van der Waals surface area contributed by atoms with E-state index in [0.717, 1.165) is 15.8 Å². The molecule has 0 aliphatic carbocycles. The molecule has 0 saturated heterocycles. The Morgan fingerprint density at radius 3 is 2.53 bits per heavy atom. The molecule has 0 fully saturated rings. The normalized spacial score (nSPS) is 10.3. The van der Waals surface area contributed by atoms with E-state index in [-0.39, 0.29) is 4.99 Å². The number of nitrogens with two attached hydrogens (primary N) is 1. The standard InChI is InChI=1S/C13H9BrCl2N2S/c14-7-4-5-8(15)11(6-7)18-10-3-1-2-9(16)12(10)13(17)19/h1-6,18H,(H2,17,19). The van der Waals surface area contributed by atoms with E-state index in [9.17, 15) is 0 Å². The number of rotatable bonds is 3. The lowest BCUT2D eigenvalue weighted by Crippen LogP contribution is -2.12. The van der Waals surface area contributed by atoms with E-state index >= 15 is 0 Å². The van der Waals surface area contributed by atoms with Crippen LogP contribution < -0.4 is 11.1 Å². The van der Waals surface area contributed by atoms with Gasteiger partial charge in [-0.3, -0.25) is 0 Å². The molecule has 3 N–H and O–H groups in total. The summed E-state index contributed by atoms with van der Waals surface area (Å²) < 4.78 is 0.915. The first-order valence-corrected chi connectivity index (χ1v) is 7.25. The van der Waals surface area contributed by atoms with Crippen LogP contribution in [0.25, 0.3) is 0 Å². The Labute approximate surface area is 135 Å². The Balaban J connectivity index is 2.46. The highest BCUT2D eigenvalue weighted by atomic mass is 79.9. The molecule has 0 aliphatic rings. The van der Waals surface area contributed by atoms with Crippen LogP contribution in [0.1, 0.15) is 5.56 Å². The fourth-order valence-corrected chi connectivity index (χ4v) is 2.70. The number of anilines is 2. The highest BCUT2D eigenvalue weighted by Gasteiger charge is 2.11. The Morgan fingerprint density at radius 1 is 1.11 bits per heavy atom. The van der Waals surface area contributed by atoms with Gasteiger partial charge in [0.2, 0.25) is 0 Å². The highest BCUT2D eigenvalue weighted by molar-refractivity contribution is 9.10. The Morgan fingerprint density at radius 2 is 1.84 bits per heavy atom. The zero-order valence-corrected chi connectivity index (χ0v) is 13.5. The van der Waals surface area contributed by atoms with Crippen LogP contribution >= 0.6 is 51.3 Å². The third-order valence-electron chi connectivity index (χ3n) is 2.46. The second-order valence-electron chi connectivity index (χ2n) is 3.78. The maximum Gasteiger partial charge on any atom is 0.107 e. The van der Waals surface area contributed by atoms with E-state index in [1.54, 1.807) is 12.1 Å². The monoisotopic (exact) mass is 374 g/mol. The smallest absolute Gasteiger partial charge is 0.107 e. The lowest BCUT2D eigenvalue weighted by atomic mass is 10.1. The number of thiocarbonyl (C=S) groups is 1. The molecule has 2 rings (SSSR count). The zero-order chi connectivity index (χ0) is 14.0. The van der Waals surface area contributed by atoms with Crippen molar-refractivity contribution in [3.63, 3.8) is 0 Å². The van der Waals surface area contributed by atoms with Crippen LogP contribution in [0.2, 0.25) is 10.0 Å². The number of benzene rings is 2. The van der Waals surface area contributed by atoms with Crippen molar-refractivity contribution in [1.29, 1.82) is 0 Å². The minimum atomic E-state index is 0.235. The molecule has 98 valence electrons. The first kappa shape index (κ1) is 14.6. The van der Waals surface area contributed by atoms with Gasteiger partial charge in [0.05, 0.1) is 27.0 Å². The van der Waals surface area contributed by atoms with Crippen molar-refractivity contribution in [1.82, 2.24) is 0 Å². The first-order chi connectivity index (χ1) is 8.99. The third-order valence-corrected chi connectivity index (χ3v) is 3.80. The van der Waals surface area contributed by atoms with Gasteiger partial charge in [0, 0.05) is 4.47 Å². The molecule has 2 nitrogen and oxygen atoms in total. The molecule has 0 spiro atoms. The van der Waals surface area contributed by atoms with E-state index in [1.807, 2.05) is 24.3 Å². The first-order valence-electron chi connectivity index (χ1n) is 5.29. The van der Waals surface area contributed by atoms with Gasteiger partial charge in [-0.25, -0.2) is 0 Å². The fourth-order valence-electron chi connectivity index (χ4n) is 1.62. The van der Waals surface area contributed by atoms with Crippen LogP contribution in [0.5, 0.6) is 0 Å². The lowest BCUT2D eigenvalue weighted by Gasteiger charge is -2.14. The Bertz CT molecular complexity index is 647. The zero-order valence-electron chi connectivity index (χ0n) is 9.58. The molecule has 0 atom stereocenters. The summed E-state index contributed by atoms with van der Waals surface area (Å²) in [7, 11) is 0. The van der Waals surface area contributed by atoms with E-state index in [1.165, 1.54) is 0 Å². The van der Waals surface area contributed by atoms with Gasteiger partial charge in [-0.05, 0) is 30.3 Å². The quantitative estimate of drug-likeness (QED) is 0.730. The van der Waals surface area contributed by atoms with Crippen molar-refractivity contribution in [3.8, 4) is 0 Å². The van der Waals surface area contributed by atoms with Gasteiger partial charge in [-0.1, -0.05) is 57.4 Å². The van der Waals surface area contributed by atoms with Crippen molar-refractivity contribution in [2.45, 2.75) is 0 Å². The average Bonchev–Trinajstić information content (AvgIpc) is 2.33. The molecular weight excluding hydrogens is 367 g/mol. The van der Waals surface area contributed by atoms with Crippen LogP contribution in [0.4, 0.5) is 11.4 Å². The van der Waals surface area contributed by atoms with Gasteiger partial charge < -0.3 is 11.1 Å². The summed E-state index contributed by atoms with van der Waals surface area (Å²) >= 11 is 20.7. The van der Waals surface area contributed by atoms with Crippen molar-refractivity contribution in [2.75, 3.05) is 5.32 Å². The minimum Gasteiger partial charge on any atom is -0.389 e. The molecule has 6 heteroatoms. The lowest BCUT2D eigenvalue weighted by molar-refractivity contribution is 1.51. The predicted octanol–water partition coefficient (Wildman–Crippen LogP) is 5.13. The topological polar surface area (TPSA) is 38.0 Å². The van der Waals surface area contributed by atoms with Crippen molar-refractivity contribution in [2.24, 2.45) is 5.73 Å².